The lowest BCUT2D eigenvalue weighted by Crippen LogP contribution is -2.28. The topological polar surface area (TPSA) is 117 Å². The molecular formula is C12H17N3O5. The average molecular weight is 283 g/mol. The van der Waals surface area contributed by atoms with Crippen molar-refractivity contribution >= 4 is 17.5 Å². The number of aliphatic hydroxyl groups excluding tert-OH is 1. The van der Waals surface area contributed by atoms with Crippen molar-refractivity contribution in [2.24, 2.45) is 0 Å². The zero-order chi connectivity index (χ0) is 15.1. The summed E-state index contributed by atoms with van der Waals surface area (Å²) in [6.45, 7) is 2.79. The van der Waals surface area contributed by atoms with Gasteiger partial charge < -0.3 is 15.1 Å². The summed E-state index contributed by atoms with van der Waals surface area (Å²) < 4.78 is 0. The van der Waals surface area contributed by atoms with Gasteiger partial charge >= 0.3 is 11.7 Å². The summed E-state index contributed by atoms with van der Waals surface area (Å²) in [7, 11) is 0. The number of aliphatic hydroxyl groups is 1. The minimum Gasteiger partial charge on any atom is -0.477 e. The Morgan fingerprint density at radius 3 is 2.70 bits per heavy atom. The fourth-order valence-electron chi connectivity index (χ4n) is 1.74. The van der Waals surface area contributed by atoms with E-state index in [1.54, 1.807) is 4.90 Å². The first-order chi connectivity index (χ1) is 9.51. The Bertz CT molecular complexity index is 492. The molecule has 0 fully saturated rings. The first kappa shape index (κ1) is 15.8. The van der Waals surface area contributed by atoms with Gasteiger partial charge in [0.05, 0.1) is 11.5 Å². The molecule has 8 heteroatoms. The van der Waals surface area contributed by atoms with Gasteiger partial charge in [0.25, 0.3) is 0 Å². The monoisotopic (exact) mass is 283 g/mol. The van der Waals surface area contributed by atoms with Crippen molar-refractivity contribution in [3.63, 3.8) is 0 Å². The van der Waals surface area contributed by atoms with Crippen LogP contribution in [0.2, 0.25) is 0 Å². The molecule has 0 unspecified atom stereocenters. The molecule has 1 aromatic heterocycles. The molecule has 0 aromatic carbocycles. The molecule has 20 heavy (non-hydrogen) atoms. The lowest BCUT2D eigenvalue weighted by Gasteiger charge is -2.22. The molecule has 0 radical (unpaired) electrons. The highest BCUT2D eigenvalue weighted by atomic mass is 16.6. The molecule has 110 valence electrons. The third kappa shape index (κ3) is 3.89. The normalized spacial score (nSPS) is 10.3. The Hall–Kier alpha value is -2.22. The Balaban J connectivity index is 3.13. The molecule has 0 amide bonds. The highest BCUT2D eigenvalue weighted by molar-refractivity contribution is 5.93. The van der Waals surface area contributed by atoms with E-state index in [0.717, 1.165) is 19.0 Å². The van der Waals surface area contributed by atoms with Crippen molar-refractivity contribution in [1.29, 1.82) is 0 Å². The number of pyridine rings is 1. The highest BCUT2D eigenvalue weighted by Crippen LogP contribution is 2.22. The number of hydrogen-bond acceptors (Lipinski definition) is 6. The summed E-state index contributed by atoms with van der Waals surface area (Å²) in [5, 5.41) is 28.8. The van der Waals surface area contributed by atoms with Crippen LogP contribution in [0.1, 0.15) is 30.1 Å². The smallest absolute Gasteiger partial charge is 0.342 e. The van der Waals surface area contributed by atoms with Crippen molar-refractivity contribution in [1.82, 2.24) is 4.98 Å². The zero-order valence-corrected chi connectivity index (χ0v) is 11.2. The molecule has 1 heterocycles. The average Bonchev–Trinajstić information content (AvgIpc) is 2.42. The fraction of sp³-hybridized carbons (Fsp3) is 0.500. The van der Waals surface area contributed by atoms with E-state index in [1.807, 2.05) is 6.92 Å². The second kappa shape index (κ2) is 7.39. The quantitative estimate of drug-likeness (QED) is 0.545. The van der Waals surface area contributed by atoms with Gasteiger partial charge in [-0.15, -0.1) is 0 Å². The van der Waals surface area contributed by atoms with Gasteiger partial charge in [0.1, 0.15) is 17.6 Å². The van der Waals surface area contributed by atoms with Crippen LogP contribution in [-0.4, -0.2) is 45.8 Å². The van der Waals surface area contributed by atoms with Crippen molar-refractivity contribution in [2.45, 2.75) is 19.8 Å². The Labute approximate surface area is 115 Å². The fourth-order valence-corrected chi connectivity index (χ4v) is 1.74. The van der Waals surface area contributed by atoms with E-state index < -0.39 is 22.1 Å². The number of hydrogen-bond donors (Lipinski definition) is 2. The highest BCUT2D eigenvalue weighted by Gasteiger charge is 2.22. The molecule has 1 rings (SSSR count). The number of carbonyl (C=O) groups is 1. The Kier molecular flexibility index (Phi) is 5.85. The van der Waals surface area contributed by atoms with Gasteiger partial charge in [-0.1, -0.05) is 13.3 Å². The molecule has 0 saturated carbocycles. The minimum absolute atomic E-state index is 0.106. The van der Waals surface area contributed by atoms with Crippen LogP contribution in [0.3, 0.4) is 0 Å². The Morgan fingerprint density at radius 1 is 1.50 bits per heavy atom. The van der Waals surface area contributed by atoms with Crippen LogP contribution >= 0.6 is 0 Å². The van der Waals surface area contributed by atoms with Crippen molar-refractivity contribution in [2.75, 3.05) is 24.6 Å². The van der Waals surface area contributed by atoms with E-state index in [9.17, 15) is 14.9 Å². The summed E-state index contributed by atoms with van der Waals surface area (Å²) >= 11 is 0. The summed E-state index contributed by atoms with van der Waals surface area (Å²) in [4.78, 5) is 26.7. The van der Waals surface area contributed by atoms with Crippen LogP contribution in [0.5, 0.6) is 0 Å². The lowest BCUT2D eigenvalue weighted by atomic mass is 10.2. The maximum Gasteiger partial charge on any atom is 0.342 e. The zero-order valence-electron chi connectivity index (χ0n) is 11.2. The van der Waals surface area contributed by atoms with Gasteiger partial charge in [0.15, 0.2) is 0 Å². The van der Waals surface area contributed by atoms with Gasteiger partial charge in [-0.25, -0.2) is 9.78 Å². The second-order valence-corrected chi connectivity index (χ2v) is 4.19. The van der Waals surface area contributed by atoms with Crippen molar-refractivity contribution < 1.29 is 19.9 Å². The van der Waals surface area contributed by atoms with Crippen LogP contribution in [0.25, 0.3) is 0 Å². The molecule has 0 saturated heterocycles. The van der Waals surface area contributed by atoms with Crippen LogP contribution in [0, 0.1) is 10.1 Å². The number of unbranched alkanes of at least 4 members (excludes halogenated alkanes) is 1. The number of aromatic carboxylic acids is 1. The predicted octanol–water partition coefficient (Wildman–Crippen LogP) is 1.29. The molecule has 2 N–H and O–H groups in total. The van der Waals surface area contributed by atoms with E-state index in [4.69, 9.17) is 10.2 Å². The van der Waals surface area contributed by atoms with Gasteiger partial charge in [-0.3, -0.25) is 10.1 Å². The molecule has 8 nitrogen and oxygen atoms in total. The van der Waals surface area contributed by atoms with Crippen LogP contribution in [-0.2, 0) is 0 Å². The molecule has 0 atom stereocenters. The minimum atomic E-state index is -1.38. The van der Waals surface area contributed by atoms with E-state index >= 15 is 0 Å². The van der Waals surface area contributed by atoms with Crippen LogP contribution in [0.4, 0.5) is 11.5 Å². The van der Waals surface area contributed by atoms with Gasteiger partial charge in [-0.2, -0.15) is 0 Å². The first-order valence-electron chi connectivity index (χ1n) is 6.24. The van der Waals surface area contributed by atoms with Crippen molar-refractivity contribution in [3.05, 3.63) is 27.9 Å². The third-order valence-corrected chi connectivity index (χ3v) is 2.77. The molecule has 0 bridgehead atoms. The summed E-state index contributed by atoms with van der Waals surface area (Å²) in [6, 6.07) is 1.17. The number of nitro groups is 1. The summed E-state index contributed by atoms with van der Waals surface area (Å²) in [6.07, 6.45) is 2.72. The van der Waals surface area contributed by atoms with Crippen LogP contribution in [0.15, 0.2) is 12.3 Å². The van der Waals surface area contributed by atoms with E-state index in [-0.39, 0.29) is 6.61 Å². The van der Waals surface area contributed by atoms with Crippen LogP contribution < -0.4 is 4.90 Å². The third-order valence-electron chi connectivity index (χ3n) is 2.77. The number of carboxylic acid groups (broad SMARTS) is 1. The van der Waals surface area contributed by atoms with Crippen molar-refractivity contribution in [3.8, 4) is 0 Å². The number of anilines is 1. The lowest BCUT2D eigenvalue weighted by molar-refractivity contribution is -0.385. The molecular weight excluding hydrogens is 266 g/mol. The number of aromatic nitrogens is 1. The largest absolute Gasteiger partial charge is 0.477 e. The van der Waals surface area contributed by atoms with E-state index in [1.165, 1.54) is 6.07 Å². The molecule has 0 spiro atoms. The number of nitrogens with zero attached hydrogens (tertiary/aromatic N) is 3. The summed E-state index contributed by atoms with van der Waals surface area (Å²) in [5.41, 5.74) is -0.944. The SMILES string of the molecule is CCCCN(CCO)c1cc(C(=O)O)c([N+](=O)[O-])cn1. The first-order valence-corrected chi connectivity index (χ1v) is 6.24. The Morgan fingerprint density at radius 2 is 2.20 bits per heavy atom. The maximum absolute atomic E-state index is 11.1. The van der Waals surface area contributed by atoms with Gasteiger partial charge in [-0.05, 0) is 6.42 Å². The molecule has 1 aromatic rings. The number of rotatable bonds is 8. The predicted molar refractivity (Wildman–Crippen MR) is 72.1 cm³/mol. The summed E-state index contributed by atoms with van der Waals surface area (Å²) in [5.74, 6) is -1.06. The van der Waals surface area contributed by atoms with E-state index in [0.29, 0.717) is 18.9 Å². The van der Waals surface area contributed by atoms with Gasteiger partial charge in [0.2, 0.25) is 0 Å². The molecule has 0 aliphatic heterocycles. The maximum atomic E-state index is 11.1. The van der Waals surface area contributed by atoms with E-state index in [2.05, 4.69) is 4.98 Å². The standard InChI is InChI=1S/C12H17N3O5/c1-2-3-4-14(5-6-16)11-7-9(12(17)18)10(8-13-11)15(19)20/h7-8,16H,2-6H2,1H3,(H,17,18). The van der Waals surface area contributed by atoms with Gasteiger partial charge in [0, 0.05) is 19.2 Å². The number of carboxylic acids is 1. The molecule has 0 aliphatic rings. The second-order valence-electron chi connectivity index (χ2n) is 4.19. The molecule has 0 aliphatic carbocycles.